The number of nitrogens with zero attached hydrogens (tertiary/aromatic N) is 3. The predicted octanol–water partition coefficient (Wildman–Crippen LogP) is 0.839. The van der Waals surface area contributed by atoms with E-state index in [2.05, 4.69) is 4.90 Å². The quantitative estimate of drug-likeness (QED) is 0.730. The molecule has 1 fully saturated rings. The summed E-state index contributed by atoms with van der Waals surface area (Å²) < 4.78 is 10.4. The molecule has 0 N–H and O–H groups in total. The van der Waals surface area contributed by atoms with E-state index < -0.39 is 0 Å². The molecule has 2 rings (SSSR count). The first-order chi connectivity index (χ1) is 12.1. The Morgan fingerprint density at radius 1 is 1.12 bits per heavy atom. The van der Waals surface area contributed by atoms with Crippen LogP contribution in [0.4, 0.5) is 5.69 Å². The number of hydrogen-bond acceptors (Lipinski definition) is 5. The maximum atomic E-state index is 12.5. The number of para-hydroxylation sites is 2. The van der Waals surface area contributed by atoms with Crippen LogP contribution in [0.1, 0.15) is 6.92 Å². The summed E-state index contributed by atoms with van der Waals surface area (Å²) in [6, 6.07) is 7.89. The van der Waals surface area contributed by atoms with Crippen molar-refractivity contribution in [3.8, 4) is 5.75 Å². The maximum absolute atomic E-state index is 12.5. The van der Waals surface area contributed by atoms with Crippen molar-refractivity contribution in [1.29, 1.82) is 0 Å². The van der Waals surface area contributed by atoms with E-state index in [1.54, 1.807) is 14.2 Å². The van der Waals surface area contributed by atoms with Crippen molar-refractivity contribution in [3.05, 3.63) is 24.3 Å². The fourth-order valence-electron chi connectivity index (χ4n) is 2.90. The Kier molecular flexibility index (Phi) is 7.06. The van der Waals surface area contributed by atoms with Crippen LogP contribution in [-0.4, -0.2) is 81.7 Å². The monoisotopic (exact) mass is 349 g/mol. The number of benzene rings is 1. The van der Waals surface area contributed by atoms with Crippen LogP contribution in [0.2, 0.25) is 0 Å². The van der Waals surface area contributed by atoms with Crippen LogP contribution in [0.15, 0.2) is 24.3 Å². The molecule has 0 saturated carbocycles. The summed E-state index contributed by atoms with van der Waals surface area (Å²) >= 11 is 0. The zero-order valence-corrected chi connectivity index (χ0v) is 15.2. The maximum Gasteiger partial charge on any atom is 0.242 e. The molecular formula is C18H27N3O4. The van der Waals surface area contributed by atoms with Gasteiger partial charge >= 0.3 is 0 Å². The molecule has 0 atom stereocenters. The second-order valence-electron chi connectivity index (χ2n) is 5.97. The number of hydrogen-bond donors (Lipinski definition) is 0. The van der Waals surface area contributed by atoms with Gasteiger partial charge in [0, 0.05) is 46.8 Å². The normalized spacial score (nSPS) is 14.4. The molecule has 1 aromatic rings. The van der Waals surface area contributed by atoms with Gasteiger partial charge in [-0.3, -0.25) is 9.59 Å². The lowest BCUT2D eigenvalue weighted by Gasteiger charge is -2.37. The Hall–Kier alpha value is -2.28. The zero-order chi connectivity index (χ0) is 18.2. The van der Waals surface area contributed by atoms with Crippen molar-refractivity contribution in [2.24, 2.45) is 0 Å². The summed E-state index contributed by atoms with van der Waals surface area (Å²) in [5.41, 5.74) is 1.04. The van der Waals surface area contributed by atoms with E-state index in [0.717, 1.165) is 24.5 Å². The molecule has 138 valence electrons. The number of carbonyl (C=O) groups is 2. The fraction of sp³-hybridized carbons (Fsp3) is 0.556. The van der Waals surface area contributed by atoms with Crippen molar-refractivity contribution >= 4 is 17.5 Å². The molecule has 0 radical (unpaired) electrons. The number of methoxy groups -OCH3 is 2. The molecule has 0 unspecified atom stereocenters. The van der Waals surface area contributed by atoms with E-state index in [9.17, 15) is 9.59 Å². The molecule has 0 aliphatic carbocycles. The van der Waals surface area contributed by atoms with Crippen molar-refractivity contribution in [2.45, 2.75) is 6.92 Å². The van der Waals surface area contributed by atoms with Crippen molar-refractivity contribution in [3.63, 3.8) is 0 Å². The van der Waals surface area contributed by atoms with Gasteiger partial charge in [0.2, 0.25) is 11.8 Å². The van der Waals surface area contributed by atoms with Gasteiger partial charge in [-0.15, -0.1) is 0 Å². The topological polar surface area (TPSA) is 62.3 Å². The highest BCUT2D eigenvalue weighted by atomic mass is 16.5. The van der Waals surface area contributed by atoms with E-state index in [4.69, 9.17) is 9.47 Å². The average molecular weight is 349 g/mol. The van der Waals surface area contributed by atoms with Gasteiger partial charge in [-0.05, 0) is 12.1 Å². The fourth-order valence-corrected chi connectivity index (χ4v) is 2.90. The summed E-state index contributed by atoms with van der Waals surface area (Å²) in [6.45, 7) is 5.18. The minimum atomic E-state index is -0.113. The number of amides is 2. The minimum Gasteiger partial charge on any atom is -0.495 e. The summed E-state index contributed by atoms with van der Waals surface area (Å²) in [4.78, 5) is 29.7. The third kappa shape index (κ3) is 5.09. The summed E-state index contributed by atoms with van der Waals surface area (Å²) in [5.74, 6) is 0.702. The first-order valence-corrected chi connectivity index (χ1v) is 8.47. The van der Waals surface area contributed by atoms with E-state index in [-0.39, 0.29) is 18.4 Å². The van der Waals surface area contributed by atoms with Crippen LogP contribution in [0.3, 0.4) is 0 Å². The van der Waals surface area contributed by atoms with Crippen molar-refractivity contribution in [1.82, 2.24) is 9.80 Å². The van der Waals surface area contributed by atoms with Crippen LogP contribution in [-0.2, 0) is 14.3 Å². The molecule has 1 aliphatic heterocycles. The van der Waals surface area contributed by atoms with Crippen molar-refractivity contribution in [2.75, 3.05) is 65.0 Å². The molecule has 1 heterocycles. The average Bonchev–Trinajstić information content (AvgIpc) is 2.64. The Morgan fingerprint density at radius 3 is 2.40 bits per heavy atom. The molecule has 1 saturated heterocycles. The molecule has 7 heteroatoms. The Labute approximate surface area is 149 Å². The highest BCUT2D eigenvalue weighted by molar-refractivity contribution is 5.84. The molecule has 2 amide bonds. The molecular weight excluding hydrogens is 322 g/mol. The van der Waals surface area contributed by atoms with Gasteiger partial charge in [0.25, 0.3) is 0 Å². The highest BCUT2D eigenvalue weighted by Crippen LogP contribution is 2.28. The molecule has 0 spiro atoms. The van der Waals surface area contributed by atoms with Crippen LogP contribution < -0.4 is 9.64 Å². The smallest absolute Gasteiger partial charge is 0.242 e. The van der Waals surface area contributed by atoms with E-state index in [1.807, 2.05) is 29.2 Å². The molecule has 0 aromatic heterocycles. The first kappa shape index (κ1) is 19.1. The molecule has 1 aromatic carbocycles. The van der Waals surface area contributed by atoms with Crippen molar-refractivity contribution < 1.29 is 19.1 Å². The number of ether oxygens (including phenoxy) is 2. The van der Waals surface area contributed by atoms with Gasteiger partial charge in [-0.1, -0.05) is 12.1 Å². The lowest BCUT2D eigenvalue weighted by Crippen LogP contribution is -2.52. The SMILES string of the molecule is COCCN(CC(=O)N1CCN(c2ccccc2OC)CC1)C(C)=O. The molecule has 0 bridgehead atoms. The van der Waals surface area contributed by atoms with E-state index in [0.29, 0.717) is 26.2 Å². The van der Waals surface area contributed by atoms with E-state index >= 15 is 0 Å². The summed E-state index contributed by atoms with van der Waals surface area (Å²) in [7, 11) is 3.24. The standard InChI is InChI=1S/C18H27N3O4/c1-15(22)21(12-13-24-2)14-18(23)20-10-8-19(9-11-20)16-6-4-5-7-17(16)25-3/h4-7H,8-14H2,1-3H3. The second-order valence-corrected chi connectivity index (χ2v) is 5.97. The Morgan fingerprint density at radius 2 is 1.80 bits per heavy atom. The minimum absolute atomic E-state index is 0.0222. The second kappa shape index (κ2) is 9.27. The van der Waals surface area contributed by atoms with Gasteiger partial charge in [0.1, 0.15) is 5.75 Å². The van der Waals surface area contributed by atoms with Crippen LogP contribution in [0.5, 0.6) is 5.75 Å². The van der Waals surface area contributed by atoms with Gasteiger partial charge in [0.15, 0.2) is 0 Å². The van der Waals surface area contributed by atoms with Crippen LogP contribution in [0.25, 0.3) is 0 Å². The van der Waals surface area contributed by atoms with Gasteiger partial charge < -0.3 is 24.2 Å². The van der Waals surface area contributed by atoms with Gasteiger partial charge in [0.05, 0.1) is 25.9 Å². The molecule has 25 heavy (non-hydrogen) atoms. The number of carbonyl (C=O) groups excluding carboxylic acids is 2. The third-order valence-electron chi connectivity index (χ3n) is 4.40. The molecule has 7 nitrogen and oxygen atoms in total. The summed E-state index contributed by atoms with van der Waals surface area (Å²) in [5, 5.41) is 0. The lowest BCUT2D eigenvalue weighted by molar-refractivity contribution is -0.140. The number of rotatable bonds is 7. The van der Waals surface area contributed by atoms with Crippen LogP contribution in [0, 0.1) is 0 Å². The zero-order valence-electron chi connectivity index (χ0n) is 15.2. The predicted molar refractivity (Wildman–Crippen MR) is 95.9 cm³/mol. The van der Waals surface area contributed by atoms with Gasteiger partial charge in [-0.2, -0.15) is 0 Å². The number of piperazine rings is 1. The van der Waals surface area contributed by atoms with E-state index in [1.165, 1.54) is 11.8 Å². The van der Waals surface area contributed by atoms with Gasteiger partial charge in [-0.25, -0.2) is 0 Å². The Bertz CT molecular complexity index is 585. The lowest BCUT2D eigenvalue weighted by atomic mass is 10.2. The summed E-state index contributed by atoms with van der Waals surface area (Å²) in [6.07, 6.45) is 0. The first-order valence-electron chi connectivity index (χ1n) is 8.47. The largest absolute Gasteiger partial charge is 0.495 e. The highest BCUT2D eigenvalue weighted by Gasteiger charge is 2.24. The van der Waals surface area contributed by atoms with Crippen LogP contribution >= 0.6 is 0 Å². The Balaban J connectivity index is 1.90. The third-order valence-corrected chi connectivity index (χ3v) is 4.40. The number of anilines is 1. The molecule has 1 aliphatic rings.